The van der Waals surface area contributed by atoms with Gasteiger partial charge in [0.1, 0.15) is 11.6 Å². The summed E-state index contributed by atoms with van der Waals surface area (Å²) in [5.74, 6) is 2.78. The monoisotopic (exact) mass is 283 g/mol. The molecule has 4 heteroatoms. The predicted molar refractivity (Wildman–Crippen MR) is 85.0 cm³/mol. The van der Waals surface area contributed by atoms with Crippen molar-refractivity contribution in [3.8, 4) is 5.75 Å². The Kier molecular flexibility index (Phi) is 3.19. The van der Waals surface area contributed by atoms with Crippen molar-refractivity contribution < 1.29 is 4.74 Å². The number of anilines is 1. The van der Waals surface area contributed by atoms with Crippen molar-refractivity contribution in [2.45, 2.75) is 18.9 Å². The molecule has 110 valence electrons. The van der Waals surface area contributed by atoms with Gasteiger partial charge in [-0.25, -0.2) is 4.98 Å². The summed E-state index contributed by atoms with van der Waals surface area (Å²) in [5.41, 5.74) is 0. The lowest BCUT2D eigenvalue weighted by molar-refractivity contribution is 0.384. The highest BCUT2D eigenvalue weighted by Gasteiger charge is 2.36. The van der Waals surface area contributed by atoms with Crippen molar-refractivity contribution in [1.29, 1.82) is 0 Å². The number of benzene rings is 1. The van der Waals surface area contributed by atoms with Gasteiger partial charge >= 0.3 is 0 Å². The van der Waals surface area contributed by atoms with E-state index in [9.17, 15) is 0 Å². The lowest BCUT2D eigenvalue weighted by Gasteiger charge is -2.38. The topological polar surface area (TPSA) is 37.4 Å². The zero-order valence-electron chi connectivity index (χ0n) is 12.4. The molecule has 21 heavy (non-hydrogen) atoms. The number of nitrogens with one attached hydrogen (secondary N) is 1. The first-order valence-electron chi connectivity index (χ1n) is 7.77. The summed E-state index contributed by atoms with van der Waals surface area (Å²) < 4.78 is 5.39. The molecule has 0 aliphatic carbocycles. The Hall–Kier alpha value is -1.81. The van der Waals surface area contributed by atoms with Gasteiger partial charge < -0.3 is 15.0 Å². The molecular formula is C17H21N3O. The van der Waals surface area contributed by atoms with E-state index in [4.69, 9.17) is 9.72 Å². The Bertz CT molecular complexity index is 658. The van der Waals surface area contributed by atoms with Crippen LogP contribution < -0.4 is 15.0 Å². The Balaban J connectivity index is 1.81. The molecule has 0 saturated carbocycles. The van der Waals surface area contributed by atoms with E-state index in [-0.39, 0.29) is 0 Å². The van der Waals surface area contributed by atoms with Crippen LogP contribution in [0.15, 0.2) is 30.5 Å². The molecule has 0 spiro atoms. The van der Waals surface area contributed by atoms with Crippen molar-refractivity contribution in [1.82, 2.24) is 10.3 Å². The van der Waals surface area contributed by atoms with Crippen LogP contribution in [0, 0.1) is 5.92 Å². The molecule has 3 heterocycles. The molecular weight excluding hydrogens is 262 g/mol. The minimum absolute atomic E-state index is 0.586. The van der Waals surface area contributed by atoms with Gasteiger partial charge in [0.2, 0.25) is 0 Å². The molecule has 2 aromatic rings. The molecule has 1 aromatic heterocycles. The van der Waals surface area contributed by atoms with Crippen LogP contribution in [0.5, 0.6) is 5.75 Å². The van der Waals surface area contributed by atoms with E-state index in [0.717, 1.165) is 37.1 Å². The highest BCUT2D eigenvalue weighted by atomic mass is 16.5. The second kappa shape index (κ2) is 5.19. The van der Waals surface area contributed by atoms with Gasteiger partial charge in [0.05, 0.1) is 7.11 Å². The van der Waals surface area contributed by atoms with Crippen LogP contribution in [-0.4, -0.2) is 37.8 Å². The second-order valence-corrected chi connectivity index (χ2v) is 6.04. The van der Waals surface area contributed by atoms with E-state index in [0.29, 0.717) is 6.04 Å². The van der Waals surface area contributed by atoms with Gasteiger partial charge in [0.25, 0.3) is 0 Å². The fraction of sp³-hybridized carbons (Fsp3) is 0.471. The number of rotatable bonds is 2. The SMILES string of the molecule is COc1ccc2ccnc(N3CCCC4CNCC43)c2c1. The number of methoxy groups -OCH3 is 1. The summed E-state index contributed by atoms with van der Waals surface area (Å²) >= 11 is 0. The van der Waals surface area contributed by atoms with Gasteiger partial charge in [-0.05, 0) is 42.3 Å². The molecule has 2 atom stereocenters. The fourth-order valence-corrected chi connectivity index (χ4v) is 3.82. The van der Waals surface area contributed by atoms with Crippen LogP contribution in [0.2, 0.25) is 0 Å². The molecule has 4 nitrogen and oxygen atoms in total. The number of hydrogen-bond acceptors (Lipinski definition) is 4. The minimum Gasteiger partial charge on any atom is -0.497 e. The van der Waals surface area contributed by atoms with Crippen LogP contribution in [0.1, 0.15) is 12.8 Å². The molecule has 4 rings (SSSR count). The van der Waals surface area contributed by atoms with Gasteiger partial charge in [-0.3, -0.25) is 0 Å². The molecule has 2 fully saturated rings. The first-order chi connectivity index (χ1) is 10.4. The van der Waals surface area contributed by atoms with Gasteiger partial charge in [0.15, 0.2) is 0 Å². The lowest BCUT2D eigenvalue weighted by Crippen LogP contribution is -2.45. The summed E-state index contributed by atoms with van der Waals surface area (Å²) in [6.07, 6.45) is 4.52. The predicted octanol–water partition coefficient (Wildman–Crippen LogP) is 2.43. The molecule has 2 aliphatic rings. The Morgan fingerprint density at radius 1 is 1.29 bits per heavy atom. The van der Waals surface area contributed by atoms with E-state index in [2.05, 4.69) is 28.4 Å². The van der Waals surface area contributed by atoms with Crippen LogP contribution in [0.4, 0.5) is 5.82 Å². The zero-order valence-corrected chi connectivity index (χ0v) is 12.4. The van der Waals surface area contributed by atoms with Crippen molar-refractivity contribution in [2.75, 3.05) is 31.6 Å². The summed E-state index contributed by atoms with van der Waals surface area (Å²) in [4.78, 5) is 7.22. The van der Waals surface area contributed by atoms with Gasteiger partial charge in [-0.1, -0.05) is 6.07 Å². The highest BCUT2D eigenvalue weighted by Crippen LogP contribution is 2.34. The average Bonchev–Trinajstić information content (AvgIpc) is 3.02. The number of hydrogen-bond donors (Lipinski definition) is 1. The Morgan fingerprint density at radius 2 is 2.24 bits per heavy atom. The fourth-order valence-electron chi connectivity index (χ4n) is 3.82. The van der Waals surface area contributed by atoms with Gasteiger partial charge in [0, 0.05) is 37.3 Å². The first kappa shape index (κ1) is 12.9. The number of piperidine rings is 1. The van der Waals surface area contributed by atoms with E-state index in [1.54, 1.807) is 7.11 Å². The summed E-state index contributed by atoms with van der Waals surface area (Å²) in [6, 6.07) is 8.91. The second-order valence-electron chi connectivity index (χ2n) is 6.04. The number of ether oxygens (including phenoxy) is 1. The average molecular weight is 283 g/mol. The summed E-state index contributed by atoms with van der Waals surface area (Å²) in [6.45, 7) is 3.33. The maximum absolute atomic E-state index is 5.39. The van der Waals surface area contributed by atoms with E-state index in [1.165, 1.54) is 23.6 Å². The maximum atomic E-state index is 5.39. The van der Waals surface area contributed by atoms with Crippen LogP contribution in [0.25, 0.3) is 10.8 Å². The maximum Gasteiger partial charge on any atom is 0.136 e. The molecule has 0 bridgehead atoms. The van der Waals surface area contributed by atoms with Crippen molar-refractivity contribution >= 4 is 16.6 Å². The zero-order chi connectivity index (χ0) is 14.2. The molecule has 1 N–H and O–H groups in total. The van der Waals surface area contributed by atoms with E-state index >= 15 is 0 Å². The van der Waals surface area contributed by atoms with Crippen LogP contribution in [-0.2, 0) is 0 Å². The molecule has 0 radical (unpaired) electrons. The Morgan fingerprint density at radius 3 is 3.14 bits per heavy atom. The van der Waals surface area contributed by atoms with Crippen molar-refractivity contribution in [2.24, 2.45) is 5.92 Å². The lowest BCUT2D eigenvalue weighted by atomic mass is 9.91. The van der Waals surface area contributed by atoms with Crippen molar-refractivity contribution in [3.63, 3.8) is 0 Å². The van der Waals surface area contributed by atoms with Crippen LogP contribution in [0.3, 0.4) is 0 Å². The number of pyridine rings is 1. The summed E-state index contributed by atoms with van der Waals surface area (Å²) in [5, 5.41) is 5.97. The number of aromatic nitrogens is 1. The number of nitrogens with zero attached hydrogens (tertiary/aromatic N) is 2. The minimum atomic E-state index is 0.586. The third-order valence-corrected chi connectivity index (χ3v) is 4.90. The number of fused-ring (bicyclic) bond motifs is 2. The van der Waals surface area contributed by atoms with Gasteiger partial charge in [-0.2, -0.15) is 0 Å². The molecule has 0 amide bonds. The third-order valence-electron chi connectivity index (χ3n) is 4.90. The first-order valence-corrected chi connectivity index (χ1v) is 7.77. The molecule has 2 aliphatic heterocycles. The standard InChI is InChI=1S/C17H21N3O/c1-21-14-5-4-12-6-7-19-17(15(12)9-14)20-8-2-3-13-10-18-11-16(13)20/h4-7,9,13,16,18H,2-3,8,10-11H2,1H3. The van der Waals surface area contributed by atoms with Crippen molar-refractivity contribution in [3.05, 3.63) is 30.5 Å². The largest absolute Gasteiger partial charge is 0.497 e. The quantitative estimate of drug-likeness (QED) is 0.918. The normalized spacial score (nSPS) is 25.1. The molecule has 1 aromatic carbocycles. The van der Waals surface area contributed by atoms with Crippen LogP contribution >= 0.6 is 0 Å². The summed E-state index contributed by atoms with van der Waals surface area (Å²) in [7, 11) is 1.72. The molecule has 2 unspecified atom stereocenters. The Labute approximate surface area is 125 Å². The van der Waals surface area contributed by atoms with E-state index in [1.807, 2.05) is 12.3 Å². The highest BCUT2D eigenvalue weighted by molar-refractivity contribution is 5.93. The smallest absolute Gasteiger partial charge is 0.136 e. The van der Waals surface area contributed by atoms with E-state index < -0.39 is 0 Å². The third kappa shape index (κ3) is 2.14. The van der Waals surface area contributed by atoms with Gasteiger partial charge in [-0.15, -0.1) is 0 Å². The molecule has 2 saturated heterocycles.